The summed E-state index contributed by atoms with van der Waals surface area (Å²) in [7, 11) is 0. The molecule has 0 heterocycles. The fourth-order valence-electron chi connectivity index (χ4n) is 1.52. The first-order valence-corrected chi connectivity index (χ1v) is 5.02. The molecule has 0 saturated carbocycles. The van der Waals surface area contributed by atoms with E-state index in [9.17, 15) is 4.39 Å². The van der Waals surface area contributed by atoms with E-state index in [1.54, 1.807) is 6.07 Å². The van der Waals surface area contributed by atoms with Crippen LogP contribution in [0.1, 0.15) is 30.9 Å². The molecular weight excluding hydrogens is 177 g/mol. The van der Waals surface area contributed by atoms with Crippen molar-refractivity contribution in [1.82, 2.24) is 0 Å². The largest absolute Gasteiger partial charge is 0.330 e. The molecule has 0 amide bonds. The Hall–Kier alpha value is -0.890. The van der Waals surface area contributed by atoms with E-state index in [0.29, 0.717) is 12.5 Å². The Morgan fingerprint density at radius 2 is 2.00 bits per heavy atom. The summed E-state index contributed by atoms with van der Waals surface area (Å²) in [5, 5.41) is 0. The number of halogens is 1. The van der Waals surface area contributed by atoms with Gasteiger partial charge in [0.15, 0.2) is 0 Å². The lowest BCUT2D eigenvalue weighted by Crippen LogP contribution is -2.18. The normalized spacial score (nSPS) is 15.2. The number of benzene rings is 1. The van der Waals surface area contributed by atoms with E-state index >= 15 is 0 Å². The maximum Gasteiger partial charge on any atom is 0.126 e. The molecule has 1 rings (SSSR count). The summed E-state index contributed by atoms with van der Waals surface area (Å²) in [6.45, 7) is 6.64. The molecule has 0 fully saturated rings. The zero-order valence-corrected chi connectivity index (χ0v) is 9.05. The minimum atomic E-state index is -0.122. The second-order valence-electron chi connectivity index (χ2n) is 4.03. The van der Waals surface area contributed by atoms with Crippen molar-refractivity contribution in [2.24, 2.45) is 11.7 Å². The number of hydrogen-bond acceptors (Lipinski definition) is 1. The smallest absolute Gasteiger partial charge is 0.126 e. The molecule has 0 radical (unpaired) electrons. The molecule has 0 aliphatic heterocycles. The molecule has 2 atom stereocenters. The maximum absolute atomic E-state index is 13.5. The first kappa shape index (κ1) is 11.2. The Labute approximate surface area is 85.1 Å². The zero-order valence-electron chi connectivity index (χ0n) is 9.05. The van der Waals surface area contributed by atoms with Gasteiger partial charge in [0, 0.05) is 0 Å². The van der Waals surface area contributed by atoms with Gasteiger partial charge in [0.1, 0.15) is 5.82 Å². The highest BCUT2D eigenvalue weighted by atomic mass is 19.1. The van der Waals surface area contributed by atoms with Gasteiger partial charge in [-0.3, -0.25) is 0 Å². The average Bonchev–Trinajstić information content (AvgIpc) is 2.19. The van der Waals surface area contributed by atoms with Crippen LogP contribution in [-0.4, -0.2) is 6.54 Å². The lowest BCUT2D eigenvalue weighted by atomic mass is 9.88. The SMILES string of the molecule is Cc1ccc(F)c(C(C)C(C)CN)c1. The van der Waals surface area contributed by atoms with Gasteiger partial charge in [-0.1, -0.05) is 31.5 Å². The molecule has 2 heteroatoms. The predicted octanol–water partition coefficient (Wildman–Crippen LogP) is 2.83. The minimum absolute atomic E-state index is 0.122. The topological polar surface area (TPSA) is 26.0 Å². The van der Waals surface area contributed by atoms with Crippen LogP contribution in [0.25, 0.3) is 0 Å². The van der Waals surface area contributed by atoms with Gasteiger partial charge in [-0.25, -0.2) is 4.39 Å². The molecule has 0 spiro atoms. The van der Waals surface area contributed by atoms with Gasteiger partial charge in [0.25, 0.3) is 0 Å². The lowest BCUT2D eigenvalue weighted by molar-refractivity contribution is 0.475. The summed E-state index contributed by atoms with van der Waals surface area (Å²) < 4.78 is 13.5. The van der Waals surface area contributed by atoms with Crippen LogP contribution in [0.2, 0.25) is 0 Å². The molecule has 0 aliphatic rings. The van der Waals surface area contributed by atoms with Crippen LogP contribution < -0.4 is 5.73 Å². The number of nitrogens with two attached hydrogens (primary N) is 1. The van der Waals surface area contributed by atoms with Crippen molar-refractivity contribution in [2.75, 3.05) is 6.54 Å². The summed E-state index contributed by atoms with van der Waals surface area (Å²) in [5.74, 6) is 0.370. The molecule has 2 unspecified atom stereocenters. The van der Waals surface area contributed by atoms with Gasteiger partial charge in [-0.15, -0.1) is 0 Å². The Morgan fingerprint density at radius 1 is 1.36 bits per heavy atom. The molecule has 0 saturated heterocycles. The second-order valence-corrected chi connectivity index (χ2v) is 4.03. The standard InChI is InChI=1S/C12H18FN/c1-8-4-5-12(13)11(6-8)10(3)9(2)7-14/h4-6,9-10H,7,14H2,1-3H3. The molecule has 0 aliphatic carbocycles. The Balaban J connectivity index is 2.99. The van der Waals surface area contributed by atoms with Crippen molar-refractivity contribution < 1.29 is 4.39 Å². The van der Waals surface area contributed by atoms with Crippen molar-refractivity contribution in [1.29, 1.82) is 0 Å². The van der Waals surface area contributed by atoms with Crippen molar-refractivity contribution in [3.8, 4) is 0 Å². The van der Waals surface area contributed by atoms with Crippen LogP contribution in [0.5, 0.6) is 0 Å². The minimum Gasteiger partial charge on any atom is -0.330 e. The molecule has 1 nitrogen and oxygen atoms in total. The van der Waals surface area contributed by atoms with Gasteiger partial charge < -0.3 is 5.73 Å². The van der Waals surface area contributed by atoms with Gasteiger partial charge in [0.05, 0.1) is 0 Å². The van der Waals surface area contributed by atoms with Crippen molar-refractivity contribution in [2.45, 2.75) is 26.7 Å². The van der Waals surface area contributed by atoms with E-state index in [1.165, 1.54) is 6.07 Å². The van der Waals surface area contributed by atoms with Gasteiger partial charge in [-0.05, 0) is 36.9 Å². The summed E-state index contributed by atoms with van der Waals surface area (Å²) >= 11 is 0. The third kappa shape index (κ3) is 2.32. The molecule has 0 aromatic heterocycles. The van der Waals surface area contributed by atoms with Gasteiger partial charge in [0.2, 0.25) is 0 Å². The summed E-state index contributed by atoms with van der Waals surface area (Å²) in [4.78, 5) is 0. The fourth-order valence-corrected chi connectivity index (χ4v) is 1.52. The van der Waals surface area contributed by atoms with Crippen LogP contribution in [0.3, 0.4) is 0 Å². The molecule has 1 aromatic rings. The van der Waals surface area contributed by atoms with Gasteiger partial charge in [-0.2, -0.15) is 0 Å². The highest BCUT2D eigenvalue weighted by Crippen LogP contribution is 2.26. The maximum atomic E-state index is 13.5. The Bertz CT molecular complexity index is 309. The number of rotatable bonds is 3. The first-order valence-electron chi connectivity index (χ1n) is 5.02. The van der Waals surface area contributed by atoms with Gasteiger partial charge >= 0.3 is 0 Å². The first-order chi connectivity index (χ1) is 6.56. The van der Waals surface area contributed by atoms with Crippen LogP contribution in [0.4, 0.5) is 4.39 Å². The molecule has 78 valence electrons. The van der Waals surface area contributed by atoms with Crippen LogP contribution in [0, 0.1) is 18.7 Å². The Kier molecular flexibility index (Phi) is 3.64. The molecule has 0 bridgehead atoms. The molecule has 1 aromatic carbocycles. The predicted molar refractivity (Wildman–Crippen MR) is 57.8 cm³/mol. The molecular formula is C12H18FN. The van der Waals surface area contributed by atoms with Crippen molar-refractivity contribution in [3.05, 3.63) is 35.1 Å². The quantitative estimate of drug-likeness (QED) is 0.788. The van der Waals surface area contributed by atoms with E-state index in [1.807, 2.05) is 26.8 Å². The molecule has 2 N–H and O–H groups in total. The lowest BCUT2D eigenvalue weighted by Gasteiger charge is -2.19. The third-order valence-electron chi connectivity index (χ3n) is 2.87. The second kappa shape index (κ2) is 4.56. The van der Waals surface area contributed by atoms with Crippen molar-refractivity contribution >= 4 is 0 Å². The highest BCUT2D eigenvalue weighted by Gasteiger charge is 2.16. The average molecular weight is 195 g/mol. The Morgan fingerprint density at radius 3 is 2.57 bits per heavy atom. The van der Waals surface area contributed by atoms with E-state index in [2.05, 4.69) is 0 Å². The van der Waals surface area contributed by atoms with Crippen LogP contribution >= 0.6 is 0 Å². The van der Waals surface area contributed by atoms with E-state index in [0.717, 1.165) is 11.1 Å². The van der Waals surface area contributed by atoms with Crippen LogP contribution in [0.15, 0.2) is 18.2 Å². The summed E-state index contributed by atoms with van der Waals surface area (Å²) in [5.41, 5.74) is 7.45. The third-order valence-corrected chi connectivity index (χ3v) is 2.87. The van der Waals surface area contributed by atoms with E-state index in [4.69, 9.17) is 5.73 Å². The number of aryl methyl sites for hydroxylation is 1. The summed E-state index contributed by atoms with van der Waals surface area (Å²) in [6.07, 6.45) is 0. The summed E-state index contributed by atoms with van der Waals surface area (Å²) in [6, 6.07) is 5.23. The monoisotopic (exact) mass is 195 g/mol. The number of hydrogen-bond donors (Lipinski definition) is 1. The van der Waals surface area contributed by atoms with E-state index in [-0.39, 0.29) is 11.7 Å². The van der Waals surface area contributed by atoms with Crippen molar-refractivity contribution in [3.63, 3.8) is 0 Å². The zero-order chi connectivity index (χ0) is 10.7. The van der Waals surface area contributed by atoms with E-state index < -0.39 is 0 Å². The highest BCUT2D eigenvalue weighted by molar-refractivity contribution is 5.27. The fraction of sp³-hybridized carbons (Fsp3) is 0.500. The van der Waals surface area contributed by atoms with Crippen LogP contribution in [-0.2, 0) is 0 Å². The molecule has 14 heavy (non-hydrogen) atoms.